The van der Waals surface area contributed by atoms with Gasteiger partial charge in [0.15, 0.2) is 0 Å². The minimum atomic E-state index is -0.108. The molecule has 1 heterocycles. The van der Waals surface area contributed by atoms with Crippen LogP contribution in [0.1, 0.15) is 84.1 Å². The Balaban J connectivity index is 1.20. The van der Waals surface area contributed by atoms with Crippen LogP contribution in [0.3, 0.4) is 0 Å². The lowest BCUT2D eigenvalue weighted by Gasteiger charge is -2.61. The molecule has 1 aliphatic heterocycles. The standard InChI is InChI=1S/C30H40O3/c1-19(31)32-22-14-16-29(2)21(18-22)9-10-23-24-11-12-26(30(24,3)17-15-25(23)29)28-13-8-20-6-4-5-7-27(20)33-28/h4-7,12,21-25,28H,8-11,13-18H2,1-3H3/t21?,22?,23-,24-,25-,28?,29-,30-/m0/s1. The zero-order valence-electron chi connectivity index (χ0n) is 20.6. The summed E-state index contributed by atoms with van der Waals surface area (Å²) >= 11 is 0. The Morgan fingerprint density at radius 2 is 1.88 bits per heavy atom. The molecule has 1 aromatic rings. The Kier molecular flexibility index (Phi) is 5.20. The van der Waals surface area contributed by atoms with Gasteiger partial charge in [0.25, 0.3) is 0 Å². The van der Waals surface area contributed by atoms with Crippen molar-refractivity contribution < 1.29 is 14.3 Å². The van der Waals surface area contributed by atoms with Crippen molar-refractivity contribution in [3.8, 4) is 5.75 Å². The van der Waals surface area contributed by atoms with Crippen LogP contribution in [0.5, 0.6) is 5.75 Å². The summed E-state index contributed by atoms with van der Waals surface area (Å²) in [7, 11) is 0. The van der Waals surface area contributed by atoms with E-state index < -0.39 is 0 Å². The first kappa shape index (κ1) is 21.7. The Labute approximate surface area is 199 Å². The topological polar surface area (TPSA) is 35.5 Å². The highest BCUT2D eigenvalue weighted by atomic mass is 16.5. The molecule has 4 aliphatic carbocycles. The first-order chi connectivity index (χ1) is 15.9. The predicted octanol–water partition coefficient (Wildman–Crippen LogP) is 6.89. The van der Waals surface area contributed by atoms with E-state index in [1.165, 1.54) is 44.1 Å². The van der Waals surface area contributed by atoms with Crippen molar-refractivity contribution in [3.63, 3.8) is 0 Å². The number of ether oxygens (including phenoxy) is 2. The minimum Gasteiger partial charge on any atom is -0.486 e. The summed E-state index contributed by atoms with van der Waals surface area (Å²) in [4.78, 5) is 11.5. The SMILES string of the molecule is CC(=O)OC1CC[C@@]2(C)C(CC[C@@H]3[C@@H]2CC[C@]2(C)C(C4CCc5ccccc5O4)=CC[C@@H]32)C1. The van der Waals surface area contributed by atoms with Gasteiger partial charge in [0.1, 0.15) is 18.0 Å². The maximum atomic E-state index is 11.5. The van der Waals surface area contributed by atoms with Crippen LogP contribution >= 0.6 is 0 Å². The highest BCUT2D eigenvalue weighted by Crippen LogP contribution is 2.67. The zero-order valence-corrected chi connectivity index (χ0v) is 20.6. The second-order valence-electron chi connectivity index (χ2n) is 12.3. The van der Waals surface area contributed by atoms with Gasteiger partial charge in [0.2, 0.25) is 0 Å². The average Bonchev–Trinajstić information content (AvgIpc) is 3.16. The van der Waals surface area contributed by atoms with Gasteiger partial charge in [0, 0.05) is 6.92 Å². The molecular weight excluding hydrogens is 408 g/mol. The second-order valence-corrected chi connectivity index (χ2v) is 12.3. The van der Waals surface area contributed by atoms with Crippen LogP contribution in [0.4, 0.5) is 0 Å². The van der Waals surface area contributed by atoms with Crippen LogP contribution in [0.2, 0.25) is 0 Å². The van der Waals surface area contributed by atoms with Gasteiger partial charge in [-0.05, 0) is 116 Å². The lowest BCUT2D eigenvalue weighted by atomic mass is 9.44. The number of rotatable bonds is 2. The van der Waals surface area contributed by atoms with E-state index in [0.717, 1.165) is 49.2 Å². The van der Waals surface area contributed by atoms with Crippen molar-refractivity contribution in [1.29, 1.82) is 0 Å². The van der Waals surface area contributed by atoms with Crippen molar-refractivity contribution in [2.75, 3.05) is 0 Å². The largest absolute Gasteiger partial charge is 0.486 e. The van der Waals surface area contributed by atoms with Gasteiger partial charge in [-0.25, -0.2) is 0 Å². The summed E-state index contributed by atoms with van der Waals surface area (Å²) in [6.45, 7) is 6.72. The van der Waals surface area contributed by atoms with Crippen LogP contribution in [0.15, 0.2) is 35.9 Å². The van der Waals surface area contributed by atoms with Crippen LogP contribution in [0, 0.1) is 34.5 Å². The Morgan fingerprint density at radius 1 is 1.03 bits per heavy atom. The normalized spacial score (nSPS) is 43.8. The number of hydrogen-bond donors (Lipinski definition) is 0. The maximum absolute atomic E-state index is 11.5. The van der Waals surface area contributed by atoms with Crippen LogP contribution < -0.4 is 4.74 Å². The summed E-state index contributed by atoms with van der Waals surface area (Å²) in [5.74, 6) is 4.15. The van der Waals surface area contributed by atoms with E-state index in [1.54, 1.807) is 12.5 Å². The second kappa shape index (κ2) is 7.89. The van der Waals surface area contributed by atoms with Crippen molar-refractivity contribution in [1.82, 2.24) is 0 Å². The molecule has 6 rings (SSSR count). The van der Waals surface area contributed by atoms with E-state index in [4.69, 9.17) is 9.47 Å². The lowest BCUT2D eigenvalue weighted by molar-refractivity contribution is -0.158. The summed E-state index contributed by atoms with van der Waals surface area (Å²) in [6, 6.07) is 8.61. The first-order valence-electron chi connectivity index (χ1n) is 13.5. The molecule has 0 N–H and O–H groups in total. The molecule has 0 saturated heterocycles. The van der Waals surface area contributed by atoms with Gasteiger partial charge < -0.3 is 9.47 Å². The van der Waals surface area contributed by atoms with Crippen molar-refractivity contribution in [2.24, 2.45) is 34.5 Å². The van der Waals surface area contributed by atoms with E-state index in [1.807, 2.05) is 0 Å². The fourth-order valence-corrected chi connectivity index (χ4v) is 9.20. The highest BCUT2D eigenvalue weighted by molar-refractivity contribution is 5.66. The number of carbonyl (C=O) groups is 1. The molecule has 178 valence electrons. The van der Waals surface area contributed by atoms with Gasteiger partial charge >= 0.3 is 5.97 Å². The molecule has 5 aliphatic rings. The number of allylic oxidation sites excluding steroid dienone is 1. The molecule has 3 saturated carbocycles. The number of fused-ring (bicyclic) bond motifs is 6. The molecule has 1 aromatic carbocycles. The quantitative estimate of drug-likeness (QED) is 0.365. The number of aryl methyl sites for hydroxylation is 1. The Hall–Kier alpha value is -1.77. The molecule has 0 aromatic heterocycles. The summed E-state index contributed by atoms with van der Waals surface area (Å²) in [5, 5.41) is 0. The molecule has 33 heavy (non-hydrogen) atoms. The molecule has 3 heteroatoms. The van der Waals surface area contributed by atoms with Crippen molar-refractivity contribution in [3.05, 3.63) is 41.5 Å². The maximum Gasteiger partial charge on any atom is 0.302 e. The average molecular weight is 449 g/mol. The number of carbonyl (C=O) groups excluding carboxylic acids is 1. The number of hydrogen-bond acceptors (Lipinski definition) is 3. The van der Waals surface area contributed by atoms with Gasteiger partial charge in [0.05, 0.1) is 0 Å². The molecule has 3 fully saturated rings. The van der Waals surface area contributed by atoms with E-state index in [-0.39, 0.29) is 18.2 Å². The number of benzene rings is 1. The van der Waals surface area contributed by atoms with Gasteiger partial charge in [-0.1, -0.05) is 38.1 Å². The van der Waals surface area contributed by atoms with E-state index in [2.05, 4.69) is 44.2 Å². The van der Waals surface area contributed by atoms with Crippen LogP contribution in [0.25, 0.3) is 0 Å². The van der Waals surface area contributed by atoms with Gasteiger partial charge in [-0.2, -0.15) is 0 Å². The van der Waals surface area contributed by atoms with Crippen LogP contribution in [-0.2, 0) is 16.0 Å². The third-order valence-electron chi connectivity index (χ3n) is 10.9. The highest BCUT2D eigenvalue weighted by Gasteiger charge is 2.59. The molecule has 3 nitrogen and oxygen atoms in total. The fourth-order valence-electron chi connectivity index (χ4n) is 9.20. The number of para-hydroxylation sites is 1. The molecular formula is C30H40O3. The lowest BCUT2D eigenvalue weighted by Crippen LogP contribution is -2.54. The smallest absolute Gasteiger partial charge is 0.302 e. The summed E-state index contributed by atoms with van der Waals surface area (Å²) < 4.78 is 12.3. The number of esters is 1. The Morgan fingerprint density at radius 3 is 2.73 bits per heavy atom. The van der Waals surface area contributed by atoms with E-state index >= 15 is 0 Å². The van der Waals surface area contributed by atoms with Crippen molar-refractivity contribution >= 4 is 5.97 Å². The fraction of sp³-hybridized carbons (Fsp3) is 0.700. The van der Waals surface area contributed by atoms with Crippen molar-refractivity contribution in [2.45, 2.75) is 97.2 Å². The first-order valence-corrected chi connectivity index (χ1v) is 13.5. The molecule has 8 atom stereocenters. The molecule has 0 radical (unpaired) electrons. The Bertz CT molecular complexity index is 965. The molecule has 0 amide bonds. The third kappa shape index (κ3) is 3.40. The van der Waals surface area contributed by atoms with Gasteiger partial charge in [-0.15, -0.1) is 0 Å². The summed E-state index contributed by atoms with van der Waals surface area (Å²) in [6.07, 6.45) is 15.2. The monoisotopic (exact) mass is 448 g/mol. The molecule has 0 spiro atoms. The van der Waals surface area contributed by atoms with Gasteiger partial charge in [-0.3, -0.25) is 4.79 Å². The summed E-state index contributed by atoms with van der Waals surface area (Å²) in [5.41, 5.74) is 3.71. The predicted molar refractivity (Wildman–Crippen MR) is 130 cm³/mol. The van der Waals surface area contributed by atoms with E-state index in [0.29, 0.717) is 16.7 Å². The van der Waals surface area contributed by atoms with Crippen LogP contribution in [-0.4, -0.2) is 18.2 Å². The minimum absolute atomic E-state index is 0.108. The molecule has 0 bridgehead atoms. The zero-order chi connectivity index (χ0) is 22.8. The third-order valence-corrected chi connectivity index (χ3v) is 10.9. The molecule has 3 unspecified atom stereocenters. The van der Waals surface area contributed by atoms with E-state index in [9.17, 15) is 4.79 Å².